The molecule has 6 heterocycles. The molecule has 11 heteroatoms. The maximum absolute atomic E-state index is 8.24. The van der Waals surface area contributed by atoms with Crippen LogP contribution < -0.4 is 11.0 Å². The number of rotatable bonds is 6. The van der Waals surface area contributed by atoms with Crippen LogP contribution in [0.3, 0.4) is 0 Å². The standard InChI is InChI=1S/C50H52N8O2Si/c1-2-12-30(13-3-1)28-59-61(60-29-50-25-31-22-32(26-50)24-33(23-31)27-50)57-46-38-18-8-9-19-39(38)48(57)55-44-36-16-6-7-17-37(36)45(52-44)56-49-41-21-11-10-20-40(41)47(58(49)61)54-43-35-15-5-4-14-34(35)42(51-43)53-46/h4,7-11,14,17-21,30-33,47,52H,1-3,5-6,12-13,15-16,22-29H2/t31?,32?,33?,47?,50?,61-/m1/s1. The van der Waals surface area contributed by atoms with Gasteiger partial charge in [-0.3, -0.25) is 8.80 Å². The van der Waals surface area contributed by atoms with Gasteiger partial charge in [-0.2, -0.15) is 0 Å². The zero-order chi connectivity index (χ0) is 39.9. The van der Waals surface area contributed by atoms with Crippen molar-refractivity contribution in [2.75, 3.05) is 13.2 Å². The number of H-pyrrole nitrogens is 1. The van der Waals surface area contributed by atoms with Crippen molar-refractivity contribution in [3.8, 4) is 0 Å². The van der Waals surface area contributed by atoms with Gasteiger partial charge in [0.25, 0.3) is 0 Å². The molecule has 4 aromatic rings. The number of nitrogens with one attached hydrogen (secondary N) is 1. The normalized spacial score (nSPS) is 31.3. The Morgan fingerprint density at radius 3 is 2.30 bits per heavy atom. The second-order valence-corrected chi connectivity index (χ2v) is 22.6. The number of benzene rings is 2. The van der Waals surface area contributed by atoms with Crippen LogP contribution in [0.4, 0.5) is 11.6 Å². The third kappa shape index (κ3) is 5.29. The van der Waals surface area contributed by atoms with Gasteiger partial charge in [-0.1, -0.05) is 92.1 Å². The fourth-order valence-electron chi connectivity index (χ4n) is 13.8. The smallest absolute Gasteiger partial charge is 0.361 e. The molecular weight excluding hydrogens is 773 g/mol. The van der Waals surface area contributed by atoms with Crippen molar-refractivity contribution in [3.63, 3.8) is 0 Å². The van der Waals surface area contributed by atoms with Gasteiger partial charge in [0.05, 0.1) is 0 Å². The minimum absolute atomic E-state index is 0.117. The molecule has 2 aromatic carbocycles. The van der Waals surface area contributed by atoms with Crippen molar-refractivity contribution in [3.05, 3.63) is 111 Å². The lowest BCUT2D eigenvalue weighted by atomic mass is 9.50. The second kappa shape index (κ2) is 13.3. The summed E-state index contributed by atoms with van der Waals surface area (Å²) in [4.78, 5) is 32.3. The monoisotopic (exact) mass is 824 g/mol. The molecule has 0 radical (unpaired) electrons. The van der Waals surface area contributed by atoms with E-state index >= 15 is 0 Å². The van der Waals surface area contributed by atoms with Crippen molar-refractivity contribution in [2.24, 2.45) is 54.0 Å². The number of aromatic nitrogens is 2. The fourth-order valence-corrected chi connectivity index (χ4v) is 17.4. The predicted molar refractivity (Wildman–Crippen MR) is 240 cm³/mol. The molecule has 0 saturated heterocycles. The van der Waals surface area contributed by atoms with Crippen molar-refractivity contribution in [1.29, 1.82) is 0 Å². The van der Waals surface area contributed by atoms with E-state index in [2.05, 4.69) is 86.6 Å². The first kappa shape index (κ1) is 35.6. The van der Waals surface area contributed by atoms with Crippen LogP contribution in [0.2, 0.25) is 0 Å². The molecule has 5 fully saturated rings. The first-order valence-corrected chi connectivity index (χ1v) is 25.1. The van der Waals surface area contributed by atoms with E-state index < -0.39 is 15.0 Å². The Morgan fingerprint density at radius 1 is 0.738 bits per heavy atom. The molecule has 308 valence electrons. The van der Waals surface area contributed by atoms with E-state index in [0.717, 1.165) is 124 Å². The Morgan fingerprint density at radius 2 is 1.48 bits per heavy atom. The lowest BCUT2D eigenvalue weighted by Gasteiger charge is -2.57. The van der Waals surface area contributed by atoms with Crippen LogP contribution in [0.15, 0.2) is 103 Å². The molecule has 11 aliphatic rings. The number of allylic oxidation sites excluding steroid dienone is 2. The number of fused-ring (bicyclic) bond motifs is 14. The SMILES string of the molecule is C1=CC2=C(CC1)C1=NC3c4ccccc4C4=Nc5[nH]c(c6c5C=CCC6)N=c5c6ccccc6c(n5[Si@@](OCC5CCCCC5)(OCC56CC7CC(CC(C7)C5)C6)N43)=NC2=N1. The van der Waals surface area contributed by atoms with Crippen LogP contribution >= 0.6 is 0 Å². The molecule has 1 N–H and O–H groups in total. The summed E-state index contributed by atoms with van der Waals surface area (Å²) < 4.78 is 21.2. The third-order valence-corrected chi connectivity index (χ3v) is 19.2. The molecule has 2 atom stereocenters. The molecule has 0 amide bonds. The number of nitrogens with zero attached hydrogens (tertiary/aromatic N) is 7. The first-order chi connectivity index (χ1) is 30.1. The van der Waals surface area contributed by atoms with Gasteiger partial charge in [-0.05, 0) is 106 Å². The zero-order valence-corrected chi connectivity index (χ0v) is 35.8. The minimum Gasteiger partial charge on any atom is -0.361 e. The van der Waals surface area contributed by atoms with Gasteiger partial charge >= 0.3 is 8.88 Å². The van der Waals surface area contributed by atoms with Crippen LogP contribution in [0.25, 0.3) is 16.8 Å². The molecule has 10 nitrogen and oxygen atoms in total. The highest BCUT2D eigenvalue weighted by molar-refractivity contribution is 6.66. The molecule has 61 heavy (non-hydrogen) atoms. The lowest BCUT2D eigenvalue weighted by molar-refractivity contribution is -0.0856. The Hall–Kier alpha value is -4.97. The molecule has 10 bridgehead atoms. The molecule has 0 spiro atoms. The van der Waals surface area contributed by atoms with Crippen molar-refractivity contribution in [1.82, 2.24) is 13.8 Å². The van der Waals surface area contributed by atoms with E-state index in [-0.39, 0.29) is 5.41 Å². The van der Waals surface area contributed by atoms with Gasteiger partial charge in [0.2, 0.25) is 0 Å². The van der Waals surface area contributed by atoms with Gasteiger partial charge in [0.15, 0.2) is 11.7 Å². The van der Waals surface area contributed by atoms with Crippen LogP contribution in [0.1, 0.15) is 118 Å². The summed E-state index contributed by atoms with van der Waals surface area (Å²) in [5.41, 5.74) is 8.46. The summed E-state index contributed by atoms with van der Waals surface area (Å²) in [6, 6.07) is 17.5. The predicted octanol–water partition coefficient (Wildman–Crippen LogP) is 9.49. The highest BCUT2D eigenvalue weighted by Gasteiger charge is 2.62. The highest BCUT2D eigenvalue weighted by atomic mass is 28.4. The van der Waals surface area contributed by atoms with Gasteiger partial charge in [0.1, 0.15) is 34.6 Å². The number of hydrogen-bond donors (Lipinski definition) is 1. The molecule has 5 saturated carbocycles. The average molecular weight is 825 g/mol. The van der Waals surface area contributed by atoms with Gasteiger partial charge < -0.3 is 13.8 Å². The van der Waals surface area contributed by atoms with E-state index in [0.29, 0.717) is 25.0 Å². The molecule has 2 aromatic heterocycles. The van der Waals surface area contributed by atoms with Gasteiger partial charge in [-0.25, -0.2) is 25.0 Å². The number of aliphatic imine (C=N–C) groups is 3. The second-order valence-electron chi connectivity index (χ2n) is 20.0. The summed E-state index contributed by atoms with van der Waals surface area (Å²) in [6.07, 6.45) is 26.1. The van der Waals surface area contributed by atoms with E-state index in [1.807, 2.05) is 0 Å². The quantitative estimate of drug-likeness (QED) is 0.196. The minimum atomic E-state index is -4.04. The van der Waals surface area contributed by atoms with Crippen molar-refractivity contribution in [2.45, 2.75) is 102 Å². The highest BCUT2D eigenvalue weighted by Crippen LogP contribution is 2.60. The summed E-state index contributed by atoms with van der Waals surface area (Å²) in [5, 5.41) is 2.06. The molecular formula is C50H52N8O2Si. The molecule has 15 rings (SSSR count). The molecule has 4 aliphatic heterocycles. The summed E-state index contributed by atoms with van der Waals surface area (Å²) in [6.45, 7) is 1.25. The topological polar surface area (TPSA) is 104 Å². The van der Waals surface area contributed by atoms with Crippen LogP contribution in [-0.2, 0) is 15.3 Å². The number of aromatic amines is 1. The molecule has 1 unspecified atom stereocenters. The Balaban J connectivity index is 1.12. The van der Waals surface area contributed by atoms with Gasteiger partial charge in [0, 0.05) is 57.4 Å². The number of amidine groups is 3. The van der Waals surface area contributed by atoms with E-state index in [9.17, 15) is 0 Å². The van der Waals surface area contributed by atoms with Crippen molar-refractivity contribution < 1.29 is 8.85 Å². The van der Waals surface area contributed by atoms with Crippen molar-refractivity contribution >= 4 is 54.9 Å². The van der Waals surface area contributed by atoms with E-state index in [1.165, 1.54) is 68.9 Å². The maximum Gasteiger partial charge on any atom is 0.599 e. The first-order valence-electron chi connectivity index (χ1n) is 23.4. The van der Waals surface area contributed by atoms with Gasteiger partial charge in [-0.15, -0.1) is 0 Å². The third-order valence-electron chi connectivity index (χ3n) is 16.1. The van der Waals surface area contributed by atoms with Crippen LogP contribution in [0, 0.1) is 29.1 Å². The Labute approximate surface area is 357 Å². The Bertz CT molecular complexity index is 2850. The number of hydrogen-bond acceptors (Lipinski definition) is 8. The summed E-state index contributed by atoms with van der Waals surface area (Å²) in [7, 11) is -4.04. The van der Waals surface area contributed by atoms with E-state index in [1.54, 1.807) is 0 Å². The maximum atomic E-state index is 8.24. The average Bonchev–Trinajstić information content (AvgIpc) is 4.00. The van der Waals surface area contributed by atoms with E-state index in [4.69, 9.17) is 33.8 Å². The zero-order valence-electron chi connectivity index (χ0n) is 34.8. The summed E-state index contributed by atoms with van der Waals surface area (Å²) >= 11 is 0. The fraction of sp³-hybridized carbons (Fsp3) is 0.460. The largest absolute Gasteiger partial charge is 0.599 e. The van der Waals surface area contributed by atoms with Crippen LogP contribution in [-0.4, -0.2) is 53.4 Å². The Kier molecular flexibility index (Phi) is 7.74. The lowest BCUT2D eigenvalue weighted by Crippen LogP contribution is -2.71. The molecule has 7 aliphatic carbocycles. The van der Waals surface area contributed by atoms with Crippen LogP contribution in [0.5, 0.6) is 0 Å². The summed E-state index contributed by atoms with van der Waals surface area (Å²) in [5.74, 6) is 6.82.